The molecule has 0 aromatic carbocycles. The van der Waals surface area contributed by atoms with Crippen molar-refractivity contribution in [2.75, 3.05) is 6.54 Å². The molecule has 70 valence electrons. The number of hydrogen-bond donors (Lipinski definition) is 2. The average molecular weight is 197 g/mol. The Morgan fingerprint density at radius 2 is 2.54 bits per heavy atom. The smallest absolute Gasteiger partial charge is 0.194 e. The van der Waals surface area contributed by atoms with E-state index in [1.807, 2.05) is 22.9 Å². The number of hydrogen-bond acceptors (Lipinski definition) is 4. The van der Waals surface area contributed by atoms with Crippen LogP contribution in [-0.2, 0) is 0 Å². The molecule has 0 saturated carbocycles. The molecular weight excluding hydrogens is 186 g/mol. The van der Waals surface area contributed by atoms with E-state index in [1.165, 1.54) is 0 Å². The average Bonchev–Trinajstić information content (AvgIpc) is 2.62. The lowest BCUT2D eigenvalue weighted by Gasteiger charge is -2.06. The van der Waals surface area contributed by atoms with Gasteiger partial charge in [-0.2, -0.15) is 0 Å². The van der Waals surface area contributed by atoms with Crippen LogP contribution < -0.4 is 5.73 Å². The molecule has 2 heterocycles. The van der Waals surface area contributed by atoms with Crippen LogP contribution in [0.15, 0.2) is 11.6 Å². The van der Waals surface area contributed by atoms with Gasteiger partial charge in [0.1, 0.15) is 6.10 Å². The van der Waals surface area contributed by atoms with Crippen LogP contribution in [0.3, 0.4) is 0 Å². The molecule has 0 aliphatic carbocycles. The number of nitrogens with two attached hydrogens (primary N) is 1. The number of aromatic nitrogens is 2. The SMILES string of the molecule is Cc1nc2sccn2c1[C@@H](O)CN. The van der Waals surface area contributed by atoms with Gasteiger partial charge in [-0.15, -0.1) is 11.3 Å². The van der Waals surface area contributed by atoms with Crippen LogP contribution in [0.4, 0.5) is 0 Å². The lowest BCUT2D eigenvalue weighted by molar-refractivity contribution is 0.180. The maximum Gasteiger partial charge on any atom is 0.194 e. The number of thiazole rings is 1. The third-order valence-electron chi connectivity index (χ3n) is 2.02. The molecule has 0 unspecified atom stereocenters. The summed E-state index contributed by atoms with van der Waals surface area (Å²) in [5.41, 5.74) is 7.06. The summed E-state index contributed by atoms with van der Waals surface area (Å²) in [7, 11) is 0. The Kier molecular flexibility index (Phi) is 2.07. The Labute approximate surface area is 79.6 Å². The normalized spacial score (nSPS) is 13.8. The zero-order chi connectivity index (χ0) is 9.42. The number of fused-ring (bicyclic) bond motifs is 1. The van der Waals surface area contributed by atoms with Crippen LogP contribution in [-0.4, -0.2) is 21.0 Å². The minimum absolute atomic E-state index is 0.227. The first-order valence-corrected chi connectivity index (χ1v) is 4.92. The molecule has 4 nitrogen and oxygen atoms in total. The molecule has 0 radical (unpaired) electrons. The molecule has 2 aromatic rings. The van der Waals surface area contributed by atoms with E-state index in [0.717, 1.165) is 16.3 Å². The second-order valence-corrected chi connectivity index (χ2v) is 3.76. The molecule has 1 atom stereocenters. The first-order valence-electron chi connectivity index (χ1n) is 4.04. The molecule has 0 spiro atoms. The molecule has 2 aromatic heterocycles. The largest absolute Gasteiger partial charge is 0.385 e. The van der Waals surface area contributed by atoms with Crippen LogP contribution in [0, 0.1) is 6.92 Å². The third kappa shape index (κ3) is 1.25. The fourth-order valence-electron chi connectivity index (χ4n) is 1.42. The van der Waals surface area contributed by atoms with E-state index < -0.39 is 6.10 Å². The standard InChI is InChI=1S/C8H11N3OS/c1-5-7(6(12)4-9)11-2-3-13-8(11)10-5/h2-3,6,12H,4,9H2,1H3/t6-/m0/s1. The zero-order valence-electron chi connectivity index (χ0n) is 7.27. The van der Waals surface area contributed by atoms with Gasteiger partial charge in [-0.3, -0.25) is 4.40 Å². The highest BCUT2D eigenvalue weighted by molar-refractivity contribution is 7.15. The van der Waals surface area contributed by atoms with Gasteiger partial charge in [0.2, 0.25) is 0 Å². The van der Waals surface area contributed by atoms with Gasteiger partial charge in [0, 0.05) is 18.1 Å². The predicted octanol–water partition coefficient (Wildman–Crippen LogP) is 0.696. The number of nitrogens with zero attached hydrogens (tertiary/aromatic N) is 2. The van der Waals surface area contributed by atoms with Crippen molar-refractivity contribution in [1.82, 2.24) is 9.38 Å². The predicted molar refractivity (Wildman–Crippen MR) is 51.8 cm³/mol. The first kappa shape index (κ1) is 8.68. The molecule has 2 rings (SSSR count). The molecule has 3 N–H and O–H groups in total. The molecule has 0 bridgehead atoms. The monoisotopic (exact) mass is 197 g/mol. The highest BCUT2D eigenvalue weighted by Crippen LogP contribution is 2.21. The van der Waals surface area contributed by atoms with Gasteiger partial charge in [-0.1, -0.05) is 0 Å². The fourth-order valence-corrected chi connectivity index (χ4v) is 2.19. The van der Waals surface area contributed by atoms with Gasteiger partial charge >= 0.3 is 0 Å². The van der Waals surface area contributed by atoms with E-state index in [4.69, 9.17) is 5.73 Å². The molecule has 0 aliphatic rings. The van der Waals surface area contributed by atoms with E-state index in [1.54, 1.807) is 11.3 Å². The van der Waals surface area contributed by atoms with Crippen molar-refractivity contribution in [2.45, 2.75) is 13.0 Å². The minimum atomic E-state index is -0.621. The lowest BCUT2D eigenvalue weighted by atomic mass is 10.2. The second-order valence-electron chi connectivity index (χ2n) is 2.89. The molecular formula is C8H11N3OS. The van der Waals surface area contributed by atoms with E-state index >= 15 is 0 Å². The summed E-state index contributed by atoms with van der Waals surface area (Å²) >= 11 is 1.55. The highest BCUT2D eigenvalue weighted by Gasteiger charge is 2.15. The van der Waals surface area contributed by atoms with E-state index in [0.29, 0.717) is 0 Å². The van der Waals surface area contributed by atoms with Crippen molar-refractivity contribution in [1.29, 1.82) is 0 Å². The molecule has 0 aliphatic heterocycles. The van der Waals surface area contributed by atoms with E-state index in [-0.39, 0.29) is 6.54 Å². The maximum absolute atomic E-state index is 9.63. The summed E-state index contributed by atoms with van der Waals surface area (Å²) < 4.78 is 1.89. The third-order valence-corrected chi connectivity index (χ3v) is 2.78. The first-order chi connectivity index (χ1) is 6.24. The minimum Gasteiger partial charge on any atom is -0.385 e. The van der Waals surface area contributed by atoms with Crippen molar-refractivity contribution >= 4 is 16.3 Å². The summed E-state index contributed by atoms with van der Waals surface area (Å²) in [4.78, 5) is 5.21. The van der Waals surface area contributed by atoms with Gasteiger partial charge in [0.05, 0.1) is 11.4 Å². The van der Waals surface area contributed by atoms with E-state index in [9.17, 15) is 5.11 Å². The van der Waals surface area contributed by atoms with Gasteiger partial charge in [-0.25, -0.2) is 4.98 Å². The summed E-state index contributed by atoms with van der Waals surface area (Å²) in [5.74, 6) is 0. The highest BCUT2D eigenvalue weighted by atomic mass is 32.1. The fraction of sp³-hybridized carbons (Fsp3) is 0.375. The molecule has 5 heteroatoms. The Balaban J connectivity index is 2.63. The number of rotatable bonds is 2. The Morgan fingerprint density at radius 1 is 1.77 bits per heavy atom. The molecule has 13 heavy (non-hydrogen) atoms. The van der Waals surface area contributed by atoms with E-state index in [2.05, 4.69) is 4.98 Å². The Bertz CT molecular complexity index is 420. The quantitative estimate of drug-likeness (QED) is 0.744. The number of imidazole rings is 1. The van der Waals surface area contributed by atoms with Crippen molar-refractivity contribution in [3.8, 4) is 0 Å². The van der Waals surface area contributed by atoms with Gasteiger partial charge < -0.3 is 10.8 Å². The summed E-state index contributed by atoms with van der Waals surface area (Å²) in [5, 5.41) is 11.6. The van der Waals surface area contributed by atoms with Gasteiger partial charge in [0.15, 0.2) is 4.96 Å². The summed E-state index contributed by atoms with van der Waals surface area (Å²) in [6.07, 6.45) is 1.28. The van der Waals surface area contributed by atoms with Crippen molar-refractivity contribution < 1.29 is 5.11 Å². The summed E-state index contributed by atoms with van der Waals surface area (Å²) in [6, 6.07) is 0. The molecule has 0 fully saturated rings. The van der Waals surface area contributed by atoms with Gasteiger partial charge in [-0.05, 0) is 6.92 Å². The van der Waals surface area contributed by atoms with Crippen molar-refractivity contribution in [3.05, 3.63) is 23.0 Å². The molecule has 0 amide bonds. The number of aliphatic hydroxyl groups excluding tert-OH is 1. The lowest BCUT2D eigenvalue weighted by Crippen LogP contribution is -2.14. The Hall–Kier alpha value is -0.910. The van der Waals surface area contributed by atoms with Crippen LogP contribution in [0.25, 0.3) is 4.96 Å². The van der Waals surface area contributed by atoms with Gasteiger partial charge in [0.25, 0.3) is 0 Å². The molecule has 0 saturated heterocycles. The van der Waals surface area contributed by atoms with Crippen LogP contribution in [0.2, 0.25) is 0 Å². The zero-order valence-corrected chi connectivity index (χ0v) is 8.08. The van der Waals surface area contributed by atoms with Crippen molar-refractivity contribution in [2.24, 2.45) is 5.73 Å². The van der Waals surface area contributed by atoms with Crippen LogP contribution in [0.1, 0.15) is 17.5 Å². The second kappa shape index (κ2) is 3.10. The van der Waals surface area contributed by atoms with Crippen LogP contribution >= 0.6 is 11.3 Å². The number of aryl methyl sites for hydroxylation is 1. The maximum atomic E-state index is 9.63. The topological polar surface area (TPSA) is 63.5 Å². The van der Waals surface area contributed by atoms with Crippen molar-refractivity contribution in [3.63, 3.8) is 0 Å². The number of aliphatic hydroxyl groups is 1. The summed E-state index contributed by atoms with van der Waals surface area (Å²) in [6.45, 7) is 2.11. The van der Waals surface area contributed by atoms with Crippen LogP contribution in [0.5, 0.6) is 0 Å². The Morgan fingerprint density at radius 3 is 3.23 bits per heavy atom.